The Morgan fingerprint density at radius 2 is 2.10 bits per heavy atom. The molecule has 0 bridgehead atoms. The van der Waals surface area contributed by atoms with Crippen molar-refractivity contribution in [3.63, 3.8) is 0 Å². The van der Waals surface area contributed by atoms with Gasteiger partial charge >= 0.3 is 5.97 Å². The van der Waals surface area contributed by atoms with E-state index in [1.54, 1.807) is 6.92 Å². The molecule has 2 aromatic rings. The highest BCUT2D eigenvalue weighted by Gasteiger charge is 2.16. The summed E-state index contributed by atoms with van der Waals surface area (Å²) in [5, 5.41) is 7.18. The second-order valence-electron chi connectivity index (χ2n) is 3.82. The molecule has 0 aliphatic rings. The molecule has 6 nitrogen and oxygen atoms in total. The van der Waals surface area contributed by atoms with Crippen LogP contribution in [0.4, 0.5) is 0 Å². The van der Waals surface area contributed by atoms with Crippen LogP contribution in [-0.4, -0.2) is 28.5 Å². The van der Waals surface area contributed by atoms with Crippen LogP contribution in [0.2, 0.25) is 0 Å². The molecular weight excluding hydrogens is 298 g/mol. The van der Waals surface area contributed by atoms with Crippen molar-refractivity contribution >= 4 is 34.6 Å². The van der Waals surface area contributed by atoms with Gasteiger partial charge in [-0.1, -0.05) is 0 Å². The van der Waals surface area contributed by atoms with E-state index in [2.05, 4.69) is 15.3 Å². The number of carbonyl (C=O) groups excluding carboxylic acids is 2. The van der Waals surface area contributed by atoms with Gasteiger partial charge < -0.3 is 10.1 Å². The minimum Gasteiger partial charge on any atom is -0.461 e. The van der Waals surface area contributed by atoms with Crippen LogP contribution in [0.5, 0.6) is 0 Å². The molecule has 2 aromatic heterocycles. The fourth-order valence-corrected chi connectivity index (χ4v) is 2.80. The number of aromatic nitrogens is 2. The standard InChI is InChI=1S/C12H13N3O3S2/c1-3-18-12(17)11-15-8(6-20-11)10(16)13-4-9-14-7(2)5-19-9/h5-6H,3-4H2,1-2H3,(H,13,16). The van der Waals surface area contributed by atoms with Crippen LogP contribution in [-0.2, 0) is 11.3 Å². The van der Waals surface area contributed by atoms with E-state index in [4.69, 9.17) is 4.74 Å². The fourth-order valence-electron chi connectivity index (χ4n) is 1.39. The molecule has 0 unspecified atom stereocenters. The van der Waals surface area contributed by atoms with Crippen LogP contribution in [0.15, 0.2) is 10.8 Å². The summed E-state index contributed by atoms with van der Waals surface area (Å²) in [6.07, 6.45) is 0. The van der Waals surface area contributed by atoms with Crippen LogP contribution in [0.3, 0.4) is 0 Å². The molecule has 1 amide bonds. The largest absolute Gasteiger partial charge is 0.461 e. The van der Waals surface area contributed by atoms with Crippen molar-refractivity contribution in [2.45, 2.75) is 20.4 Å². The molecule has 0 saturated carbocycles. The van der Waals surface area contributed by atoms with Crippen molar-refractivity contribution < 1.29 is 14.3 Å². The van der Waals surface area contributed by atoms with Crippen molar-refractivity contribution in [1.29, 1.82) is 0 Å². The number of aryl methyl sites for hydroxylation is 1. The highest BCUT2D eigenvalue weighted by atomic mass is 32.1. The van der Waals surface area contributed by atoms with Crippen molar-refractivity contribution in [2.24, 2.45) is 0 Å². The summed E-state index contributed by atoms with van der Waals surface area (Å²) in [5.41, 5.74) is 1.14. The molecule has 0 radical (unpaired) electrons. The predicted molar refractivity (Wildman–Crippen MR) is 76.1 cm³/mol. The zero-order valence-corrected chi connectivity index (χ0v) is 12.6. The third kappa shape index (κ3) is 3.61. The average Bonchev–Trinajstić information content (AvgIpc) is 3.05. The SMILES string of the molecule is CCOC(=O)c1nc(C(=O)NCc2nc(C)cs2)cs1. The number of thiazole rings is 2. The van der Waals surface area contributed by atoms with E-state index in [0.29, 0.717) is 6.54 Å². The Labute approximate surface area is 123 Å². The number of nitrogens with zero attached hydrogens (tertiary/aromatic N) is 2. The molecule has 0 aliphatic carbocycles. The van der Waals surface area contributed by atoms with Gasteiger partial charge in [0.1, 0.15) is 10.7 Å². The maximum atomic E-state index is 11.9. The number of esters is 1. The number of amides is 1. The van der Waals surface area contributed by atoms with E-state index in [0.717, 1.165) is 22.0 Å². The second-order valence-corrected chi connectivity index (χ2v) is 5.62. The van der Waals surface area contributed by atoms with E-state index in [1.165, 1.54) is 16.7 Å². The average molecular weight is 311 g/mol. The quantitative estimate of drug-likeness (QED) is 0.854. The number of hydrogen-bond donors (Lipinski definition) is 1. The molecule has 20 heavy (non-hydrogen) atoms. The van der Waals surface area contributed by atoms with E-state index in [1.807, 2.05) is 12.3 Å². The number of carbonyl (C=O) groups is 2. The van der Waals surface area contributed by atoms with E-state index in [-0.39, 0.29) is 23.2 Å². The summed E-state index contributed by atoms with van der Waals surface area (Å²) in [6.45, 7) is 4.25. The first-order valence-electron chi connectivity index (χ1n) is 5.92. The molecule has 8 heteroatoms. The summed E-state index contributed by atoms with van der Waals surface area (Å²) in [5.74, 6) is -0.836. The zero-order valence-electron chi connectivity index (χ0n) is 11.0. The van der Waals surface area contributed by atoms with Crippen molar-refractivity contribution in [1.82, 2.24) is 15.3 Å². The number of rotatable bonds is 5. The van der Waals surface area contributed by atoms with Gasteiger partial charge in [-0.25, -0.2) is 14.8 Å². The zero-order chi connectivity index (χ0) is 14.5. The molecule has 0 aromatic carbocycles. The van der Waals surface area contributed by atoms with Crippen molar-refractivity contribution in [2.75, 3.05) is 6.61 Å². The van der Waals surface area contributed by atoms with Crippen molar-refractivity contribution in [3.8, 4) is 0 Å². The number of hydrogen-bond acceptors (Lipinski definition) is 7. The topological polar surface area (TPSA) is 81.2 Å². The molecule has 2 rings (SSSR count). The van der Waals surface area contributed by atoms with E-state index >= 15 is 0 Å². The Morgan fingerprint density at radius 3 is 2.75 bits per heavy atom. The molecule has 1 N–H and O–H groups in total. The van der Waals surface area contributed by atoms with Crippen LogP contribution in [0.25, 0.3) is 0 Å². The Balaban J connectivity index is 1.94. The molecule has 0 spiro atoms. The monoisotopic (exact) mass is 311 g/mol. The highest BCUT2D eigenvalue weighted by molar-refractivity contribution is 7.11. The molecule has 0 aliphatic heterocycles. The van der Waals surface area contributed by atoms with Gasteiger partial charge in [0.15, 0.2) is 0 Å². The maximum Gasteiger partial charge on any atom is 0.367 e. The highest BCUT2D eigenvalue weighted by Crippen LogP contribution is 2.12. The first kappa shape index (κ1) is 14.6. The van der Waals surface area contributed by atoms with Gasteiger partial charge in [0.25, 0.3) is 5.91 Å². The first-order valence-corrected chi connectivity index (χ1v) is 7.68. The number of ether oxygens (including phenoxy) is 1. The van der Waals surface area contributed by atoms with Gasteiger partial charge in [-0.2, -0.15) is 0 Å². The first-order chi connectivity index (χ1) is 9.60. The molecule has 0 fully saturated rings. The normalized spacial score (nSPS) is 10.3. The summed E-state index contributed by atoms with van der Waals surface area (Å²) in [7, 11) is 0. The van der Waals surface area contributed by atoms with Crippen LogP contribution in [0, 0.1) is 6.92 Å². The van der Waals surface area contributed by atoms with Crippen molar-refractivity contribution in [3.05, 3.63) is 32.2 Å². The van der Waals surface area contributed by atoms with Crippen LogP contribution < -0.4 is 5.32 Å². The molecule has 106 valence electrons. The summed E-state index contributed by atoms with van der Waals surface area (Å²) in [6, 6.07) is 0. The number of nitrogens with one attached hydrogen (secondary N) is 1. The lowest BCUT2D eigenvalue weighted by molar-refractivity contribution is 0.0526. The smallest absolute Gasteiger partial charge is 0.367 e. The lowest BCUT2D eigenvalue weighted by Crippen LogP contribution is -2.23. The lowest BCUT2D eigenvalue weighted by Gasteiger charge is -1.99. The Hall–Kier alpha value is -1.80. The molecule has 0 saturated heterocycles. The molecule has 0 atom stereocenters. The van der Waals surface area contributed by atoms with Gasteiger partial charge in [-0.3, -0.25) is 4.79 Å². The maximum absolute atomic E-state index is 11.9. The minimum absolute atomic E-state index is 0.182. The lowest BCUT2D eigenvalue weighted by atomic mass is 10.4. The third-order valence-electron chi connectivity index (χ3n) is 2.25. The van der Waals surface area contributed by atoms with Gasteiger partial charge in [0.2, 0.25) is 5.01 Å². The van der Waals surface area contributed by atoms with Gasteiger partial charge in [0.05, 0.1) is 13.2 Å². The van der Waals surface area contributed by atoms with Crippen LogP contribution in [0.1, 0.15) is 37.9 Å². The summed E-state index contributed by atoms with van der Waals surface area (Å²) in [4.78, 5) is 31.5. The van der Waals surface area contributed by atoms with Gasteiger partial charge in [-0.05, 0) is 13.8 Å². The van der Waals surface area contributed by atoms with E-state index < -0.39 is 5.97 Å². The van der Waals surface area contributed by atoms with Crippen LogP contribution >= 0.6 is 22.7 Å². The third-order valence-corrected chi connectivity index (χ3v) is 4.04. The molecular formula is C12H13N3O3S2. The summed E-state index contributed by atoms with van der Waals surface area (Å²) < 4.78 is 4.82. The van der Waals surface area contributed by atoms with E-state index in [9.17, 15) is 9.59 Å². The van der Waals surface area contributed by atoms with Gasteiger partial charge in [0, 0.05) is 16.5 Å². The molecule has 2 heterocycles. The Kier molecular flexibility index (Phi) is 4.80. The second kappa shape index (κ2) is 6.58. The Morgan fingerprint density at radius 1 is 1.30 bits per heavy atom. The van der Waals surface area contributed by atoms with Gasteiger partial charge in [-0.15, -0.1) is 22.7 Å². The Bertz CT molecular complexity index is 621. The predicted octanol–water partition coefficient (Wildman–Crippen LogP) is 2.01. The minimum atomic E-state index is -0.507. The summed E-state index contributed by atoms with van der Waals surface area (Å²) >= 11 is 2.58. The fraction of sp³-hybridized carbons (Fsp3) is 0.333.